The summed E-state index contributed by atoms with van der Waals surface area (Å²) in [6.45, 7) is 0. The molecule has 0 spiro atoms. The highest BCUT2D eigenvalue weighted by atomic mass is 32.1. The van der Waals surface area contributed by atoms with Gasteiger partial charge in [-0.15, -0.1) is 0 Å². The van der Waals surface area contributed by atoms with Gasteiger partial charge in [0.25, 0.3) is 0 Å². The molecule has 0 saturated heterocycles. The van der Waals surface area contributed by atoms with Crippen molar-refractivity contribution in [2.24, 2.45) is 0 Å². The highest BCUT2D eigenvalue weighted by molar-refractivity contribution is 7.80. The molecule has 3 rings (SSSR count). The first-order valence-electron chi connectivity index (χ1n) is 7.19. The molecule has 0 aliphatic heterocycles. The lowest BCUT2D eigenvalue weighted by Crippen LogP contribution is -2.46. The third-order valence-corrected chi connectivity index (χ3v) is 4.09. The molecule has 2 N–H and O–H groups in total. The van der Waals surface area contributed by atoms with Gasteiger partial charge in [-0.2, -0.15) is 0 Å². The maximum absolute atomic E-state index is 5.47. The molecule has 108 valence electrons. The van der Waals surface area contributed by atoms with Crippen LogP contribution in [0.1, 0.15) is 31.4 Å². The van der Waals surface area contributed by atoms with Crippen LogP contribution in [-0.4, -0.2) is 15.1 Å². The van der Waals surface area contributed by atoms with E-state index in [1.807, 2.05) is 30.5 Å². The minimum atomic E-state index is -0.145. The number of hydrogen-bond acceptors (Lipinski definition) is 3. The molecule has 1 aliphatic carbocycles. The van der Waals surface area contributed by atoms with Gasteiger partial charge in [-0.1, -0.05) is 18.9 Å². The van der Waals surface area contributed by atoms with E-state index in [2.05, 4.69) is 26.7 Å². The molecule has 0 atom stereocenters. The number of hydrogen-bond donors (Lipinski definition) is 2. The Balaban J connectivity index is 1.75. The van der Waals surface area contributed by atoms with Crippen LogP contribution >= 0.6 is 12.2 Å². The average Bonchev–Trinajstić information content (AvgIpc) is 2.99. The normalized spacial score (nSPS) is 16.4. The number of nitrogens with zero attached hydrogens (tertiary/aromatic N) is 2. The lowest BCUT2D eigenvalue weighted by Gasteiger charge is -2.31. The van der Waals surface area contributed by atoms with Gasteiger partial charge in [0, 0.05) is 12.4 Å². The van der Waals surface area contributed by atoms with E-state index < -0.39 is 0 Å². The second kappa shape index (κ2) is 6.18. The molecule has 21 heavy (non-hydrogen) atoms. The van der Waals surface area contributed by atoms with E-state index in [0.717, 1.165) is 24.2 Å². The van der Waals surface area contributed by atoms with Crippen molar-refractivity contribution in [1.29, 1.82) is 0 Å². The van der Waals surface area contributed by atoms with Gasteiger partial charge in [-0.05, 0) is 49.3 Å². The maximum atomic E-state index is 5.47. The lowest BCUT2D eigenvalue weighted by molar-refractivity contribution is 0.396. The van der Waals surface area contributed by atoms with Crippen molar-refractivity contribution >= 4 is 23.0 Å². The molecule has 5 heteroatoms. The summed E-state index contributed by atoms with van der Waals surface area (Å²) in [4.78, 5) is 8.61. The van der Waals surface area contributed by atoms with Crippen molar-refractivity contribution in [2.45, 2.75) is 31.2 Å². The molecule has 2 heterocycles. The molecular weight excluding hydrogens is 280 g/mol. The molecule has 4 nitrogen and oxygen atoms in total. The third-order valence-electron chi connectivity index (χ3n) is 3.88. The Bertz CT molecular complexity index is 594. The fourth-order valence-corrected chi connectivity index (χ4v) is 3.20. The van der Waals surface area contributed by atoms with Gasteiger partial charge in [0.05, 0.1) is 23.1 Å². The van der Waals surface area contributed by atoms with Crippen LogP contribution in [0.15, 0.2) is 48.9 Å². The van der Waals surface area contributed by atoms with Crippen molar-refractivity contribution in [3.63, 3.8) is 0 Å². The first-order valence-corrected chi connectivity index (χ1v) is 7.60. The second-order valence-electron chi connectivity index (χ2n) is 5.33. The third kappa shape index (κ3) is 3.19. The smallest absolute Gasteiger partial charge is 0.171 e. The molecule has 0 aromatic carbocycles. The molecule has 0 amide bonds. The Morgan fingerprint density at radius 3 is 2.62 bits per heavy atom. The summed E-state index contributed by atoms with van der Waals surface area (Å²) < 4.78 is 0. The zero-order chi connectivity index (χ0) is 14.5. The molecule has 0 bridgehead atoms. The molecule has 0 unspecified atom stereocenters. The van der Waals surface area contributed by atoms with Crippen LogP contribution in [0.3, 0.4) is 0 Å². The Morgan fingerprint density at radius 2 is 1.95 bits per heavy atom. The van der Waals surface area contributed by atoms with E-state index >= 15 is 0 Å². The van der Waals surface area contributed by atoms with Crippen LogP contribution in [0.5, 0.6) is 0 Å². The zero-order valence-electron chi connectivity index (χ0n) is 11.7. The summed E-state index contributed by atoms with van der Waals surface area (Å²) in [5.74, 6) is 0. The summed E-state index contributed by atoms with van der Waals surface area (Å²) in [6.07, 6.45) is 9.84. The molecule has 1 fully saturated rings. The van der Waals surface area contributed by atoms with E-state index in [1.165, 1.54) is 12.8 Å². The van der Waals surface area contributed by atoms with Crippen molar-refractivity contribution in [3.05, 3.63) is 54.6 Å². The number of thiocarbonyl (C=S) groups is 1. The van der Waals surface area contributed by atoms with Gasteiger partial charge in [-0.3, -0.25) is 9.97 Å². The number of nitrogens with one attached hydrogen (secondary N) is 2. The number of rotatable bonds is 3. The second-order valence-corrected chi connectivity index (χ2v) is 5.73. The summed E-state index contributed by atoms with van der Waals surface area (Å²) in [6, 6.07) is 9.88. The van der Waals surface area contributed by atoms with Gasteiger partial charge in [0.15, 0.2) is 5.11 Å². The van der Waals surface area contributed by atoms with Crippen molar-refractivity contribution in [3.8, 4) is 0 Å². The van der Waals surface area contributed by atoms with E-state index in [4.69, 9.17) is 12.2 Å². The van der Waals surface area contributed by atoms with E-state index in [0.29, 0.717) is 5.11 Å². The molecule has 1 saturated carbocycles. The first-order chi connectivity index (χ1) is 10.3. The van der Waals surface area contributed by atoms with Crippen molar-refractivity contribution < 1.29 is 0 Å². The topological polar surface area (TPSA) is 49.8 Å². The van der Waals surface area contributed by atoms with Crippen LogP contribution in [0.4, 0.5) is 5.69 Å². The van der Waals surface area contributed by atoms with Gasteiger partial charge in [0.1, 0.15) is 0 Å². The average molecular weight is 298 g/mol. The van der Waals surface area contributed by atoms with Crippen LogP contribution in [-0.2, 0) is 5.54 Å². The van der Waals surface area contributed by atoms with Gasteiger partial charge in [0.2, 0.25) is 0 Å². The summed E-state index contributed by atoms with van der Waals surface area (Å²) in [5.41, 5.74) is 1.81. The first kappa shape index (κ1) is 13.9. The fraction of sp³-hybridized carbons (Fsp3) is 0.312. The highest BCUT2D eigenvalue weighted by Crippen LogP contribution is 2.37. The predicted octanol–water partition coefficient (Wildman–Crippen LogP) is 3.23. The highest BCUT2D eigenvalue weighted by Gasteiger charge is 2.37. The number of pyridine rings is 2. The summed E-state index contributed by atoms with van der Waals surface area (Å²) >= 11 is 5.47. The van der Waals surface area contributed by atoms with Crippen molar-refractivity contribution in [1.82, 2.24) is 15.3 Å². The van der Waals surface area contributed by atoms with Crippen molar-refractivity contribution in [2.75, 3.05) is 5.32 Å². The van der Waals surface area contributed by atoms with Crippen LogP contribution in [0.25, 0.3) is 0 Å². The largest absolute Gasteiger partial charge is 0.351 e. The van der Waals surface area contributed by atoms with Crippen LogP contribution in [0, 0.1) is 0 Å². The Kier molecular flexibility index (Phi) is 4.10. The standard InChI is InChI=1S/C16H18N4S/c21-15(19-13-6-5-10-17-12-13)20-16(8-2-3-9-16)14-7-1-4-11-18-14/h1,4-7,10-12H,2-3,8-9H2,(H2,19,20,21). The number of aromatic nitrogens is 2. The molecule has 2 aromatic heterocycles. The monoisotopic (exact) mass is 298 g/mol. The Hall–Kier alpha value is -2.01. The Morgan fingerprint density at radius 1 is 1.10 bits per heavy atom. The van der Waals surface area contributed by atoms with Crippen LogP contribution in [0.2, 0.25) is 0 Å². The van der Waals surface area contributed by atoms with Gasteiger partial charge >= 0.3 is 0 Å². The molecule has 0 radical (unpaired) electrons. The number of anilines is 1. The van der Waals surface area contributed by atoms with E-state index in [-0.39, 0.29) is 5.54 Å². The van der Waals surface area contributed by atoms with Gasteiger partial charge in [-0.25, -0.2) is 0 Å². The predicted molar refractivity (Wildman–Crippen MR) is 88.0 cm³/mol. The van der Waals surface area contributed by atoms with E-state index in [1.54, 1.807) is 12.4 Å². The summed E-state index contributed by atoms with van der Waals surface area (Å²) in [7, 11) is 0. The zero-order valence-corrected chi connectivity index (χ0v) is 12.6. The minimum Gasteiger partial charge on any atom is -0.351 e. The van der Waals surface area contributed by atoms with E-state index in [9.17, 15) is 0 Å². The quantitative estimate of drug-likeness (QED) is 0.852. The van der Waals surface area contributed by atoms with Gasteiger partial charge < -0.3 is 10.6 Å². The maximum Gasteiger partial charge on any atom is 0.171 e. The molecular formula is C16H18N4S. The Labute approximate surface area is 130 Å². The fourth-order valence-electron chi connectivity index (χ4n) is 2.89. The minimum absolute atomic E-state index is 0.145. The molecule has 2 aromatic rings. The van der Waals surface area contributed by atoms with Crippen LogP contribution < -0.4 is 10.6 Å². The SMILES string of the molecule is S=C(Nc1cccnc1)NC1(c2ccccn2)CCCC1. The molecule has 1 aliphatic rings. The lowest BCUT2D eigenvalue weighted by atomic mass is 9.93. The summed E-state index contributed by atoms with van der Waals surface area (Å²) in [5, 5.41) is 7.30.